The molecular weight excluding hydrogens is 669 g/mol. The number of nitrogens with two attached hydrogens (primary N) is 2. The first-order chi connectivity index (χ1) is 26.6. The van der Waals surface area contributed by atoms with Crippen LogP contribution >= 0.6 is 0 Å². The van der Waals surface area contributed by atoms with E-state index in [1.807, 2.05) is 39.1 Å². The van der Waals surface area contributed by atoms with Gasteiger partial charge < -0.3 is 11.5 Å². The van der Waals surface area contributed by atoms with Gasteiger partial charge in [0.25, 0.3) is 0 Å². The van der Waals surface area contributed by atoms with E-state index in [9.17, 15) is 0 Å². The van der Waals surface area contributed by atoms with Gasteiger partial charge in [0.1, 0.15) is 6.04 Å². The van der Waals surface area contributed by atoms with Crippen LogP contribution in [-0.4, -0.2) is 18.0 Å². The molecule has 5 aromatic carbocycles. The average Bonchev–Trinajstić information content (AvgIpc) is 4.02. The van der Waals surface area contributed by atoms with Crippen LogP contribution in [0.1, 0.15) is 75.4 Å². The van der Waals surface area contributed by atoms with Gasteiger partial charge in [-0.2, -0.15) is 0 Å². The van der Waals surface area contributed by atoms with Crippen LogP contribution in [-0.2, 0) is 0 Å². The molecule has 0 aromatic heterocycles. The summed E-state index contributed by atoms with van der Waals surface area (Å²) in [5.74, 6) is 0. The van der Waals surface area contributed by atoms with Crippen molar-refractivity contribution in [3.8, 4) is 33.4 Å². The highest BCUT2D eigenvalue weighted by Gasteiger charge is 2.32. The Hall–Kier alpha value is -5.94. The molecule has 55 heavy (non-hydrogen) atoms. The maximum absolute atomic E-state index is 6.60. The van der Waals surface area contributed by atoms with Gasteiger partial charge in [-0.3, -0.25) is 9.98 Å². The van der Waals surface area contributed by atoms with Crippen molar-refractivity contribution < 1.29 is 0 Å². The molecule has 4 N–H and O–H groups in total. The Labute approximate surface area is 327 Å². The molecule has 5 aromatic rings. The third-order valence-corrected chi connectivity index (χ3v) is 9.85. The minimum atomic E-state index is -0.110. The van der Waals surface area contributed by atoms with Gasteiger partial charge in [0.05, 0.1) is 11.8 Å². The summed E-state index contributed by atoms with van der Waals surface area (Å²) >= 11 is 0. The summed E-state index contributed by atoms with van der Waals surface area (Å²) in [6, 6.07) is 43.2. The van der Waals surface area contributed by atoms with E-state index in [1.165, 1.54) is 11.1 Å². The topological polar surface area (TPSA) is 76.8 Å². The largest absolute Gasteiger partial charge is 0.325 e. The Balaban J connectivity index is 1.36. The molecule has 0 aliphatic carbocycles. The molecule has 3 atom stereocenters. The second-order valence-electron chi connectivity index (χ2n) is 14.4. The lowest BCUT2D eigenvalue weighted by molar-refractivity contribution is 0.837. The number of nitrogens with zero attached hydrogens (tertiary/aromatic N) is 2. The molecule has 0 amide bonds. The zero-order valence-electron chi connectivity index (χ0n) is 32.7. The van der Waals surface area contributed by atoms with Crippen molar-refractivity contribution >= 4 is 17.5 Å². The molecule has 0 radical (unpaired) electrons. The van der Waals surface area contributed by atoms with Gasteiger partial charge in [0.15, 0.2) is 0 Å². The summed E-state index contributed by atoms with van der Waals surface area (Å²) in [5.41, 5.74) is 29.1. The summed E-state index contributed by atoms with van der Waals surface area (Å²) in [4.78, 5) is 9.70. The number of rotatable bonds is 14. The smallest absolute Gasteiger partial charge is 0.118 e. The van der Waals surface area contributed by atoms with Crippen LogP contribution in [0, 0.1) is 0 Å². The van der Waals surface area contributed by atoms with Gasteiger partial charge >= 0.3 is 0 Å². The monoisotopic (exact) mass is 720 g/mol. The Morgan fingerprint density at radius 3 is 1.89 bits per heavy atom. The highest BCUT2D eigenvalue weighted by Crippen LogP contribution is 2.41. The second kappa shape index (κ2) is 17.9. The van der Waals surface area contributed by atoms with E-state index in [0.29, 0.717) is 0 Å². The van der Waals surface area contributed by atoms with E-state index in [0.717, 1.165) is 79.0 Å². The maximum atomic E-state index is 6.60. The minimum Gasteiger partial charge on any atom is -0.325 e. The lowest BCUT2D eigenvalue weighted by Crippen LogP contribution is -2.11. The van der Waals surface area contributed by atoms with E-state index in [-0.39, 0.29) is 18.1 Å². The highest BCUT2D eigenvalue weighted by molar-refractivity contribution is 6.15. The number of benzene rings is 5. The van der Waals surface area contributed by atoms with E-state index in [1.54, 1.807) is 0 Å². The number of allylic oxidation sites excluding steroid dienone is 7. The standard InChI is InChI=1S/C51H52N4/c1-7-15-35(4)49(53)42-24-22-41(23-25-42)46-28-45(40-18-13-10-14-19-40)31-48(32-46)51-50(55-51)47-29-43(27-44(30-47)39-16-11-9-12-17-39)38(8-2)21-20-34(3)33-54-37(6)26-36(5)52/h8-33,36,49-50H,2,7,52-53H2,1,3-6H3/b34-20+,35-15?,37-26-,38-21+,54-33+. The molecule has 1 aliphatic rings. The van der Waals surface area contributed by atoms with Gasteiger partial charge in [0, 0.05) is 18.0 Å². The van der Waals surface area contributed by atoms with E-state index >= 15 is 0 Å². The number of hydrogen-bond donors (Lipinski definition) is 2. The first-order valence-electron chi connectivity index (χ1n) is 19.1. The molecule has 4 nitrogen and oxygen atoms in total. The van der Waals surface area contributed by atoms with Crippen molar-refractivity contribution in [1.82, 2.24) is 0 Å². The van der Waals surface area contributed by atoms with E-state index in [2.05, 4.69) is 165 Å². The first-order valence-corrected chi connectivity index (χ1v) is 19.1. The highest BCUT2D eigenvalue weighted by atomic mass is 15.0. The minimum absolute atomic E-state index is 0.0368. The number of aliphatic imine (C=N–C) groups is 2. The third-order valence-electron chi connectivity index (χ3n) is 9.85. The Kier molecular flexibility index (Phi) is 12.6. The molecule has 0 saturated heterocycles. The molecule has 0 spiro atoms. The summed E-state index contributed by atoms with van der Waals surface area (Å²) in [5, 5.41) is 0. The molecule has 0 bridgehead atoms. The van der Waals surface area contributed by atoms with Crippen molar-refractivity contribution in [2.24, 2.45) is 21.5 Å². The zero-order chi connectivity index (χ0) is 38.9. The zero-order valence-corrected chi connectivity index (χ0v) is 32.7. The fraction of sp³-hybridized carbons (Fsp3) is 0.176. The Bertz CT molecular complexity index is 2320. The van der Waals surface area contributed by atoms with Gasteiger partial charge in [-0.25, -0.2) is 0 Å². The SMILES string of the molecule is C=C\C(=C/C=C(C)/C=N/C(C)=C\C(C)N)c1cc(-c2ccccc2)cc(C2N=C2c2cc(-c3ccccc3)cc(-c3ccc(C(N)C(C)=CCC)cc3)c2)c1. The molecule has 276 valence electrons. The molecule has 0 fully saturated rings. The van der Waals surface area contributed by atoms with Crippen molar-refractivity contribution in [3.63, 3.8) is 0 Å². The second-order valence-corrected chi connectivity index (χ2v) is 14.4. The van der Waals surface area contributed by atoms with Crippen molar-refractivity contribution in [2.45, 2.75) is 59.2 Å². The maximum Gasteiger partial charge on any atom is 0.118 e. The molecule has 3 unspecified atom stereocenters. The van der Waals surface area contributed by atoms with Gasteiger partial charge in [-0.1, -0.05) is 128 Å². The first kappa shape index (κ1) is 38.8. The summed E-state index contributed by atoms with van der Waals surface area (Å²) in [6.45, 7) is 14.4. The number of hydrogen-bond acceptors (Lipinski definition) is 4. The lowest BCUT2D eigenvalue weighted by atomic mass is 9.91. The molecular formula is C51H52N4. The van der Waals surface area contributed by atoms with Crippen molar-refractivity contribution in [3.05, 3.63) is 197 Å². The Morgan fingerprint density at radius 1 is 0.727 bits per heavy atom. The van der Waals surface area contributed by atoms with E-state index in [4.69, 9.17) is 16.5 Å². The van der Waals surface area contributed by atoms with Crippen LogP contribution in [0.2, 0.25) is 0 Å². The van der Waals surface area contributed by atoms with Crippen molar-refractivity contribution in [2.75, 3.05) is 0 Å². The molecule has 6 rings (SSSR count). The van der Waals surface area contributed by atoms with Crippen molar-refractivity contribution in [1.29, 1.82) is 0 Å². The third kappa shape index (κ3) is 9.98. The van der Waals surface area contributed by atoms with Gasteiger partial charge in [-0.15, -0.1) is 0 Å². The molecule has 1 aliphatic heterocycles. The lowest BCUT2D eigenvalue weighted by Gasteiger charge is -2.15. The van der Waals surface area contributed by atoms with Crippen LogP contribution < -0.4 is 11.5 Å². The molecule has 0 saturated carbocycles. The Morgan fingerprint density at radius 2 is 1.31 bits per heavy atom. The van der Waals surface area contributed by atoms with Crippen LogP contribution in [0.5, 0.6) is 0 Å². The quantitative estimate of drug-likeness (QED) is 0.0680. The summed E-state index contributed by atoms with van der Waals surface area (Å²) in [7, 11) is 0. The summed E-state index contributed by atoms with van der Waals surface area (Å²) < 4.78 is 0. The van der Waals surface area contributed by atoms with Crippen LogP contribution in [0.4, 0.5) is 0 Å². The molecule has 1 heterocycles. The van der Waals surface area contributed by atoms with Crippen LogP contribution in [0.3, 0.4) is 0 Å². The molecule has 4 heteroatoms. The summed E-state index contributed by atoms with van der Waals surface area (Å²) in [6.07, 6.45) is 13.1. The average molecular weight is 721 g/mol. The fourth-order valence-electron chi connectivity index (χ4n) is 6.85. The van der Waals surface area contributed by atoms with E-state index < -0.39 is 0 Å². The predicted octanol–water partition coefficient (Wildman–Crippen LogP) is 12.4. The van der Waals surface area contributed by atoms with Crippen LogP contribution in [0.15, 0.2) is 185 Å². The van der Waals surface area contributed by atoms with Gasteiger partial charge in [-0.05, 0) is 143 Å². The normalized spacial score (nSPS) is 16.2. The van der Waals surface area contributed by atoms with Gasteiger partial charge in [0.2, 0.25) is 0 Å². The predicted molar refractivity (Wildman–Crippen MR) is 237 cm³/mol. The van der Waals surface area contributed by atoms with Crippen LogP contribution in [0.25, 0.3) is 39.0 Å². The fourth-order valence-corrected chi connectivity index (χ4v) is 6.85.